The van der Waals surface area contributed by atoms with Crippen molar-refractivity contribution in [3.8, 4) is 0 Å². The zero-order chi connectivity index (χ0) is 10.8. The molecule has 1 aliphatic rings. The van der Waals surface area contributed by atoms with Gasteiger partial charge in [-0.1, -0.05) is 0 Å². The van der Waals surface area contributed by atoms with Gasteiger partial charge in [0.25, 0.3) is 0 Å². The zero-order valence-electron chi connectivity index (χ0n) is 9.79. The lowest BCUT2D eigenvalue weighted by Crippen LogP contribution is -2.41. The fraction of sp³-hybridized carbons (Fsp3) is 1.00. The molecule has 1 aliphatic heterocycles. The lowest BCUT2D eigenvalue weighted by Gasteiger charge is -2.38. The van der Waals surface area contributed by atoms with Crippen LogP contribution in [-0.4, -0.2) is 49.0 Å². The predicted molar refractivity (Wildman–Crippen MR) is 57.3 cm³/mol. The van der Waals surface area contributed by atoms with Gasteiger partial charge in [-0.2, -0.15) is 0 Å². The summed E-state index contributed by atoms with van der Waals surface area (Å²) in [4.78, 5) is 2.03. The van der Waals surface area contributed by atoms with Gasteiger partial charge < -0.3 is 14.7 Å². The fourth-order valence-electron chi connectivity index (χ4n) is 2.13. The van der Waals surface area contributed by atoms with E-state index in [9.17, 15) is 5.11 Å². The lowest BCUT2D eigenvalue weighted by atomic mass is 9.84. The molecule has 0 unspecified atom stereocenters. The monoisotopic (exact) mass is 201 g/mol. The Morgan fingerprint density at radius 1 is 1.50 bits per heavy atom. The van der Waals surface area contributed by atoms with Crippen LogP contribution in [0.3, 0.4) is 0 Å². The summed E-state index contributed by atoms with van der Waals surface area (Å²) in [5.74, 6) is 0.390. The molecule has 0 spiro atoms. The van der Waals surface area contributed by atoms with Crippen LogP contribution in [0.25, 0.3) is 0 Å². The summed E-state index contributed by atoms with van der Waals surface area (Å²) >= 11 is 0. The van der Waals surface area contributed by atoms with Crippen molar-refractivity contribution in [3.63, 3.8) is 0 Å². The highest BCUT2D eigenvalue weighted by atomic mass is 16.5. The molecule has 14 heavy (non-hydrogen) atoms. The molecule has 0 aromatic carbocycles. The van der Waals surface area contributed by atoms with Crippen molar-refractivity contribution in [2.24, 2.45) is 5.92 Å². The first-order valence-corrected chi connectivity index (χ1v) is 5.37. The minimum atomic E-state index is -0.215. The van der Waals surface area contributed by atoms with E-state index >= 15 is 0 Å². The van der Waals surface area contributed by atoms with Gasteiger partial charge in [-0.15, -0.1) is 0 Å². The Morgan fingerprint density at radius 3 is 2.64 bits per heavy atom. The Bertz CT molecular complexity index is 180. The van der Waals surface area contributed by atoms with Crippen LogP contribution in [0.1, 0.15) is 26.7 Å². The second-order valence-electron chi connectivity index (χ2n) is 5.19. The van der Waals surface area contributed by atoms with Gasteiger partial charge in [0.1, 0.15) is 0 Å². The van der Waals surface area contributed by atoms with Gasteiger partial charge in [-0.3, -0.25) is 0 Å². The Morgan fingerprint density at radius 2 is 2.14 bits per heavy atom. The smallest absolute Gasteiger partial charge is 0.0696 e. The molecule has 1 rings (SSSR count). The normalized spacial score (nSPS) is 29.1. The SMILES string of the molecule is CN(C)C[C@H](O)[C@H]1CCOC(C)(C)C1. The highest BCUT2D eigenvalue weighted by Crippen LogP contribution is 2.30. The number of likely N-dealkylation sites (N-methyl/N-ethyl adjacent to an activating group) is 1. The highest BCUT2D eigenvalue weighted by Gasteiger charge is 2.32. The first-order chi connectivity index (χ1) is 6.41. The van der Waals surface area contributed by atoms with Crippen LogP contribution in [-0.2, 0) is 4.74 Å². The molecule has 3 heteroatoms. The fourth-order valence-corrected chi connectivity index (χ4v) is 2.13. The molecule has 0 aromatic heterocycles. The highest BCUT2D eigenvalue weighted by molar-refractivity contribution is 4.83. The molecule has 1 N–H and O–H groups in total. The number of hydrogen-bond acceptors (Lipinski definition) is 3. The summed E-state index contributed by atoms with van der Waals surface area (Å²) in [6, 6.07) is 0. The van der Waals surface area contributed by atoms with Crippen LogP contribution < -0.4 is 0 Å². The van der Waals surface area contributed by atoms with E-state index in [0.717, 1.165) is 26.0 Å². The summed E-state index contributed by atoms with van der Waals surface area (Å²) in [6.45, 7) is 5.73. The first kappa shape index (κ1) is 12.0. The van der Waals surface area contributed by atoms with Crippen LogP contribution in [0.5, 0.6) is 0 Å². The van der Waals surface area contributed by atoms with E-state index in [1.165, 1.54) is 0 Å². The molecule has 2 atom stereocenters. The van der Waals surface area contributed by atoms with Crippen LogP contribution in [0, 0.1) is 5.92 Å². The van der Waals surface area contributed by atoms with E-state index in [4.69, 9.17) is 4.74 Å². The Labute approximate surface area is 87.1 Å². The molecule has 3 nitrogen and oxygen atoms in total. The molecule has 1 heterocycles. The van der Waals surface area contributed by atoms with Crippen LogP contribution in [0.4, 0.5) is 0 Å². The maximum absolute atomic E-state index is 9.98. The van der Waals surface area contributed by atoms with Crippen molar-refractivity contribution in [1.82, 2.24) is 4.90 Å². The van der Waals surface area contributed by atoms with Crippen molar-refractivity contribution in [2.45, 2.75) is 38.4 Å². The first-order valence-electron chi connectivity index (χ1n) is 5.37. The summed E-state index contributed by atoms with van der Waals surface area (Å²) < 4.78 is 5.63. The van der Waals surface area contributed by atoms with Crippen LogP contribution in [0.2, 0.25) is 0 Å². The van der Waals surface area contributed by atoms with E-state index in [1.807, 2.05) is 19.0 Å². The van der Waals surface area contributed by atoms with E-state index in [0.29, 0.717) is 5.92 Å². The van der Waals surface area contributed by atoms with Crippen molar-refractivity contribution in [3.05, 3.63) is 0 Å². The summed E-state index contributed by atoms with van der Waals surface area (Å²) in [6.07, 6.45) is 1.73. The maximum atomic E-state index is 9.98. The van der Waals surface area contributed by atoms with E-state index in [2.05, 4.69) is 13.8 Å². The molecule has 0 bridgehead atoms. The largest absolute Gasteiger partial charge is 0.392 e. The minimum Gasteiger partial charge on any atom is -0.392 e. The third kappa shape index (κ3) is 3.56. The summed E-state index contributed by atoms with van der Waals surface area (Å²) in [5.41, 5.74) is -0.0593. The second kappa shape index (κ2) is 4.60. The molecule has 1 fully saturated rings. The van der Waals surface area contributed by atoms with E-state index in [-0.39, 0.29) is 11.7 Å². The summed E-state index contributed by atoms with van der Waals surface area (Å²) in [5, 5.41) is 9.98. The number of ether oxygens (including phenoxy) is 1. The number of nitrogens with zero attached hydrogens (tertiary/aromatic N) is 1. The minimum absolute atomic E-state index is 0.0593. The number of hydrogen-bond donors (Lipinski definition) is 1. The molecular weight excluding hydrogens is 178 g/mol. The average Bonchev–Trinajstić information content (AvgIpc) is 2.01. The van der Waals surface area contributed by atoms with Gasteiger partial charge in [0.15, 0.2) is 0 Å². The average molecular weight is 201 g/mol. The van der Waals surface area contributed by atoms with Crippen molar-refractivity contribution in [2.75, 3.05) is 27.2 Å². The van der Waals surface area contributed by atoms with Gasteiger partial charge in [0.2, 0.25) is 0 Å². The quantitative estimate of drug-likeness (QED) is 0.742. The molecule has 0 radical (unpaired) electrons. The topological polar surface area (TPSA) is 32.7 Å². The third-order valence-corrected chi connectivity index (χ3v) is 2.83. The number of aliphatic hydroxyl groups excluding tert-OH is 1. The molecule has 1 saturated heterocycles. The Balaban J connectivity index is 2.43. The third-order valence-electron chi connectivity index (χ3n) is 2.83. The van der Waals surface area contributed by atoms with Crippen molar-refractivity contribution in [1.29, 1.82) is 0 Å². The summed E-state index contributed by atoms with van der Waals surface area (Å²) in [7, 11) is 3.99. The molecule has 0 aliphatic carbocycles. The van der Waals surface area contributed by atoms with Gasteiger partial charge in [-0.05, 0) is 46.7 Å². The van der Waals surface area contributed by atoms with E-state index < -0.39 is 0 Å². The predicted octanol–water partition coefficient (Wildman–Crippen LogP) is 1.11. The lowest BCUT2D eigenvalue weighted by molar-refractivity contribution is -0.0972. The van der Waals surface area contributed by atoms with Gasteiger partial charge in [-0.25, -0.2) is 0 Å². The molecule has 0 aromatic rings. The Kier molecular flexibility index (Phi) is 3.93. The van der Waals surface area contributed by atoms with E-state index in [1.54, 1.807) is 0 Å². The maximum Gasteiger partial charge on any atom is 0.0696 e. The molecular formula is C11H23NO2. The van der Waals surface area contributed by atoms with Gasteiger partial charge in [0.05, 0.1) is 11.7 Å². The van der Waals surface area contributed by atoms with Crippen molar-refractivity contribution >= 4 is 0 Å². The van der Waals surface area contributed by atoms with Gasteiger partial charge in [0, 0.05) is 13.2 Å². The van der Waals surface area contributed by atoms with Crippen molar-refractivity contribution < 1.29 is 9.84 Å². The zero-order valence-corrected chi connectivity index (χ0v) is 9.79. The second-order valence-corrected chi connectivity index (χ2v) is 5.19. The van der Waals surface area contributed by atoms with Crippen LogP contribution >= 0.6 is 0 Å². The standard InChI is InChI=1S/C11H23NO2/c1-11(2)7-9(5-6-14-11)10(13)8-12(3)4/h9-10,13H,5-8H2,1-4H3/t9-,10-/m0/s1. The van der Waals surface area contributed by atoms with Gasteiger partial charge >= 0.3 is 0 Å². The Hall–Kier alpha value is -0.120. The molecule has 0 saturated carbocycles. The molecule has 0 amide bonds. The number of rotatable bonds is 3. The molecule has 84 valence electrons. The number of aliphatic hydroxyl groups is 1. The van der Waals surface area contributed by atoms with Crippen LogP contribution in [0.15, 0.2) is 0 Å².